The fourth-order valence-corrected chi connectivity index (χ4v) is 1.70. The molecule has 1 aromatic carbocycles. The Hall–Kier alpha value is -0.450. The molecule has 1 saturated heterocycles. The summed E-state index contributed by atoms with van der Waals surface area (Å²) >= 11 is 3.19. The largest absolute Gasteiger partial charge is 0.377 e. The summed E-state index contributed by atoms with van der Waals surface area (Å²) in [7, 11) is 0. The molecule has 0 bridgehead atoms. The smallest absolute Gasteiger partial charge is 0.129 e. The molecule has 2 rings (SSSR count). The molecule has 0 amide bonds. The molecule has 13 heavy (non-hydrogen) atoms. The average molecular weight is 246 g/mol. The van der Waals surface area contributed by atoms with E-state index in [9.17, 15) is 4.39 Å². The summed E-state index contributed by atoms with van der Waals surface area (Å²) < 4.78 is 19.1. The summed E-state index contributed by atoms with van der Waals surface area (Å²) in [4.78, 5) is 0. The van der Waals surface area contributed by atoms with E-state index in [0.717, 1.165) is 4.47 Å². The molecule has 1 fully saturated rings. The highest BCUT2D eigenvalue weighted by atomic mass is 79.9. The van der Waals surface area contributed by atoms with E-state index in [1.807, 2.05) is 0 Å². The second-order valence-electron chi connectivity index (χ2n) is 3.27. The van der Waals surface area contributed by atoms with Crippen molar-refractivity contribution in [3.8, 4) is 0 Å². The highest BCUT2D eigenvalue weighted by Gasteiger charge is 2.38. The zero-order valence-corrected chi connectivity index (χ0v) is 8.47. The maximum atomic E-state index is 13.4. The molecule has 0 atom stereocenters. The van der Waals surface area contributed by atoms with E-state index >= 15 is 0 Å². The van der Waals surface area contributed by atoms with Crippen molar-refractivity contribution in [1.29, 1.82) is 0 Å². The highest BCUT2D eigenvalue weighted by Crippen LogP contribution is 2.29. The number of hydrogen-bond acceptors (Lipinski definition) is 2. The second-order valence-corrected chi connectivity index (χ2v) is 4.19. The van der Waals surface area contributed by atoms with E-state index in [1.54, 1.807) is 12.1 Å². The lowest BCUT2D eigenvalue weighted by atomic mass is 9.89. The van der Waals surface area contributed by atoms with E-state index < -0.39 is 5.54 Å². The third kappa shape index (κ3) is 1.49. The first-order valence-electron chi connectivity index (χ1n) is 3.94. The lowest BCUT2D eigenvalue weighted by Crippen LogP contribution is -2.54. The summed E-state index contributed by atoms with van der Waals surface area (Å²) in [5, 5.41) is 0. The van der Waals surface area contributed by atoms with Crippen LogP contribution in [0.25, 0.3) is 0 Å². The van der Waals surface area contributed by atoms with Crippen molar-refractivity contribution >= 4 is 15.9 Å². The third-order valence-electron chi connectivity index (χ3n) is 2.19. The van der Waals surface area contributed by atoms with Crippen molar-refractivity contribution in [1.82, 2.24) is 0 Å². The standard InChI is InChI=1S/C9H9BrFNO/c10-6-1-2-7(8(11)3-6)9(12)4-13-5-9/h1-3H,4-5,12H2. The first-order chi connectivity index (χ1) is 6.12. The molecule has 1 aliphatic heterocycles. The van der Waals surface area contributed by atoms with Gasteiger partial charge in [0.2, 0.25) is 0 Å². The van der Waals surface area contributed by atoms with Crippen LogP contribution in [-0.2, 0) is 10.3 Å². The first-order valence-corrected chi connectivity index (χ1v) is 4.73. The van der Waals surface area contributed by atoms with E-state index in [1.165, 1.54) is 6.07 Å². The van der Waals surface area contributed by atoms with Gasteiger partial charge in [-0.25, -0.2) is 4.39 Å². The topological polar surface area (TPSA) is 35.2 Å². The van der Waals surface area contributed by atoms with Gasteiger partial charge in [0, 0.05) is 10.0 Å². The molecule has 1 aromatic rings. The Morgan fingerprint density at radius 1 is 1.46 bits per heavy atom. The van der Waals surface area contributed by atoms with Gasteiger partial charge in [0.25, 0.3) is 0 Å². The minimum absolute atomic E-state index is 0.278. The van der Waals surface area contributed by atoms with Crippen LogP contribution in [0.15, 0.2) is 22.7 Å². The normalized spacial score (nSPS) is 19.6. The number of halogens is 2. The minimum Gasteiger partial charge on any atom is -0.377 e. The molecular formula is C9H9BrFNO. The molecule has 0 spiro atoms. The quantitative estimate of drug-likeness (QED) is 0.819. The van der Waals surface area contributed by atoms with Crippen molar-refractivity contribution in [3.63, 3.8) is 0 Å². The molecular weight excluding hydrogens is 237 g/mol. The van der Waals surface area contributed by atoms with Crippen molar-refractivity contribution in [2.75, 3.05) is 13.2 Å². The minimum atomic E-state index is -0.620. The van der Waals surface area contributed by atoms with Gasteiger partial charge < -0.3 is 10.5 Å². The summed E-state index contributed by atoms with van der Waals surface area (Å²) in [5.41, 5.74) is 5.80. The summed E-state index contributed by atoms with van der Waals surface area (Å²) in [6.07, 6.45) is 0. The van der Waals surface area contributed by atoms with Crippen molar-refractivity contribution < 1.29 is 9.13 Å². The van der Waals surface area contributed by atoms with Gasteiger partial charge in [0.1, 0.15) is 5.82 Å². The van der Waals surface area contributed by atoms with Gasteiger partial charge >= 0.3 is 0 Å². The van der Waals surface area contributed by atoms with Crippen molar-refractivity contribution in [2.45, 2.75) is 5.54 Å². The molecule has 0 saturated carbocycles. The fraction of sp³-hybridized carbons (Fsp3) is 0.333. The van der Waals surface area contributed by atoms with Gasteiger partial charge in [-0.3, -0.25) is 0 Å². The predicted octanol–water partition coefficient (Wildman–Crippen LogP) is 1.77. The first kappa shape index (κ1) is 9.12. The maximum absolute atomic E-state index is 13.4. The van der Waals surface area contributed by atoms with Crippen LogP contribution in [0.4, 0.5) is 4.39 Å². The molecule has 70 valence electrons. The molecule has 0 aromatic heterocycles. The Kier molecular flexibility index (Phi) is 2.14. The molecule has 4 heteroatoms. The Bertz CT molecular complexity index is 338. The van der Waals surface area contributed by atoms with Crippen molar-refractivity contribution in [3.05, 3.63) is 34.1 Å². The number of hydrogen-bond donors (Lipinski definition) is 1. The van der Waals surface area contributed by atoms with Gasteiger partial charge in [0.15, 0.2) is 0 Å². The molecule has 2 nitrogen and oxygen atoms in total. The van der Waals surface area contributed by atoms with Crippen LogP contribution < -0.4 is 5.73 Å². The number of nitrogens with two attached hydrogens (primary N) is 1. The van der Waals surface area contributed by atoms with Gasteiger partial charge in [-0.05, 0) is 12.1 Å². The van der Waals surface area contributed by atoms with Crippen molar-refractivity contribution in [2.24, 2.45) is 5.73 Å². The molecule has 0 unspecified atom stereocenters. The molecule has 2 N–H and O–H groups in total. The average Bonchev–Trinajstić information content (AvgIpc) is 2.00. The predicted molar refractivity (Wildman–Crippen MR) is 50.8 cm³/mol. The number of ether oxygens (including phenoxy) is 1. The van der Waals surface area contributed by atoms with Crippen LogP contribution >= 0.6 is 15.9 Å². The molecule has 1 heterocycles. The van der Waals surface area contributed by atoms with Crippen LogP contribution in [0, 0.1) is 5.82 Å². The second kappa shape index (κ2) is 3.04. The van der Waals surface area contributed by atoms with Crippen LogP contribution in [0.5, 0.6) is 0 Å². The Labute approximate surface area is 84.0 Å². The van der Waals surface area contributed by atoms with Crippen LogP contribution in [0.3, 0.4) is 0 Å². The Balaban J connectivity index is 2.40. The van der Waals surface area contributed by atoms with Gasteiger partial charge in [-0.1, -0.05) is 22.0 Å². The van der Waals surface area contributed by atoms with Gasteiger partial charge in [0.05, 0.1) is 18.8 Å². The lowest BCUT2D eigenvalue weighted by molar-refractivity contribution is -0.0585. The maximum Gasteiger partial charge on any atom is 0.129 e. The number of benzene rings is 1. The zero-order valence-electron chi connectivity index (χ0n) is 6.89. The lowest BCUT2D eigenvalue weighted by Gasteiger charge is -2.38. The zero-order chi connectivity index (χ0) is 9.47. The molecule has 0 radical (unpaired) electrons. The van der Waals surface area contributed by atoms with Crippen LogP contribution in [-0.4, -0.2) is 13.2 Å². The van der Waals surface area contributed by atoms with E-state index in [0.29, 0.717) is 18.8 Å². The highest BCUT2D eigenvalue weighted by molar-refractivity contribution is 9.10. The summed E-state index contributed by atoms with van der Waals surface area (Å²) in [6, 6.07) is 4.90. The summed E-state index contributed by atoms with van der Waals surface area (Å²) in [5.74, 6) is -0.278. The Morgan fingerprint density at radius 3 is 2.62 bits per heavy atom. The van der Waals surface area contributed by atoms with E-state index in [-0.39, 0.29) is 5.82 Å². The fourth-order valence-electron chi connectivity index (χ4n) is 1.37. The van der Waals surface area contributed by atoms with Crippen LogP contribution in [0.1, 0.15) is 5.56 Å². The van der Waals surface area contributed by atoms with Gasteiger partial charge in [-0.15, -0.1) is 0 Å². The molecule has 0 aliphatic carbocycles. The Morgan fingerprint density at radius 2 is 2.15 bits per heavy atom. The monoisotopic (exact) mass is 245 g/mol. The third-order valence-corrected chi connectivity index (χ3v) is 2.68. The van der Waals surface area contributed by atoms with E-state index in [2.05, 4.69) is 15.9 Å². The van der Waals surface area contributed by atoms with Gasteiger partial charge in [-0.2, -0.15) is 0 Å². The molecule has 1 aliphatic rings. The number of rotatable bonds is 1. The summed E-state index contributed by atoms with van der Waals surface area (Å²) in [6.45, 7) is 0.789. The van der Waals surface area contributed by atoms with E-state index in [4.69, 9.17) is 10.5 Å². The SMILES string of the molecule is NC1(c2ccc(Br)cc2F)COC1. The van der Waals surface area contributed by atoms with Crippen LogP contribution in [0.2, 0.25) is 0 Å².